The number of hydrogen-bond donors (Lipinski definition) is 0. The second-order valence-electron chi connectivity index (χ2n) is 14.6. The molecule has 270 valence electrons. The molecule has 0 radical (unpaired) electrons. The lowest BCUT2D eigenvalue weighted by Gasteiger charge is -2.23. The minimum absolute atomic E-state index is 0.136. The van der Waals surface area contributed by atoms with Gasteiger partial charge in [0.1, 0.15) is 0 Å². The Morgan fingerprint density at radius 3 is 0.957 bits per heavy atom. The highest BCUT2D eigenvalue weighted by molar-refractivity contribution is 5.94. The van der Waals surface area contributed by atoms with Crippen LogP contribution in [0.5, 0.6) is 0 Å². The first-order chi connectivity index (χ1) is 23.2. The summed E-state index contributed by atoms with van der Waals surface area (Å²) in [5.41, 5.74) is 1.33. The number of hydrogen-bond acceptors (Lipinski definition) is 2. The molecule has 0 fully saturated rings. The van der Waals surface area contributed by atoms with Gasteiger partial charge in [0.25, 0.3) is 5.91 Å². The molecule has 0 aliphatic heterocycles. The van der Waals surface area contributed by atoms with E-state index in [-0.39, 0.29) is 5.91 Å². The fraction of sp³-hybridized carbons (Fsp3) is 0.818. The van der Waals surface area contributed by atoms with Crippen molar-refractivity contribution in [2.24, 2.45) is 0 Å². The van der Waals surface area contributed by atoms with Crippen LogP contribution in [0, 0.1) is 11.3 Å². The second kappa shape index (κ2) is 34.1. The van der Waals surface area contributed by atoms with Crippen LogP contribution in [-0.4, -0.2) is 23.9 Å². The van der Waals surface area contributed by atoms with Gasteiger partial charge in [0, 0.05) is 18.7 Å². The molecule has 3 heteroatoms. The largest absolute Gasteiger partial charge is 0.339 e. The maximum Gasteiger partial charge on any atom is 0.253 e. The fourth-order valence-electron chi connectivity index (χ4n) is 6.89. The van der Waals surface area contributed by atoms with Crippen molar-refractivity contribution >= 4 is 5.91 Å². The van der Waals surface area contributed by atoms with Gasteiger partial charge in [-0.15, -0.1) is 0 Å². The third-order valence-corrected chi connectivity index (χ3v) is 10.1. The average molecular weight is 651 g/mol. The van der Waals surface area contributed by atoms with Crippen LogP contribution in [0.1, 0.15) is 235 Å². The highest BCUT2D eigenvalue weighted by Gasteiger charge is 2.15. The first-order valence-electron chi connectivity index (χ1n) is 21.0. The maximum atomic E-state index is 13.4. The molecule has 0 bridgehead atoms. The summed E-state index contributed by atoms with van der Waals surface area (Å²) >= 11 is 0. The molecule has 1 aromatic rings. The smallest absolute Gasteiger partial charge is 0.253 e. The van der Waals surface area contributed by atoms with Crippen LogP contribution in [0.2, 0.25) is 0 Å². The monoisotopic (exact) mass is 651 g/mol. The minimum atomic E-state index is 0.136. The zero-order chi connectivity index (χ0) is 33.9. The molecular formula is C44H78N2O. The number of benzene rings is 1. The number of carbonyl (C=O) groups excluding carboxylic acids is 1. The van der Waals surface area contributed by atoms with Gasteiger partial charge >= 0.3 is 0 Å². The number of unbranched alkanes of at least 4 members (excludes halogenated alkanes) is 30. The summed E-state index contributed by atoms with van der Waals surface area (Å²) in [6, 6.07) is 9.37. The van der Waals surface area contributed by atoms with Gasteiger partial charge < -0.3 is 4.90 Å². The first-order valence-corrected chi connectivity index (χ1v) is 21.0. The van der Waals surface area contributed by atoms with Crippen molar-refractivity contribution in [3.05, 3.63) is 35.4 Å². The molecule has 0 unspecified atom stereocenters. The number of nitriles is 1. The van der Waals surface area contributed by atoms with Crippen molar-refractivity contribution in [2.45, 2.75) is 219 Å². The topological polar surface area (TPSA) is 44.1 Å². The fourth-order valence-corrected chi connectivity index (χ4v) is 6.89. The molecule has 0 saturated carbocycles. The predicted molar refractivity (Wildman–Crippen MR) is 206 cm³/mol. The maximum absolute atomic E-state index is 13.4. The lowest BCUT2D eigenvalue weighted by Crippen LogP contribution is -2.33. The van der Waals surface area contributed by atoms with E-state index in [9.17, 15) is 4.79 Å². The van der Waals surface area contributed by atoms with Gasteiger partial charge in [-0.1, -0.05) is 206 Å². The Morgan fingerprint density at radius 1 is 0.447 bits per heavy atom. The SMILES string of the molecule is CCCCCCCCCCCCCCCCCCN(CCCCCCCCCCCCCCCCCC)C(=O)c1ccc(C#N)cc1. The Balaban J connectivity index is 2.14. The zero-order valence-electron chi connectivity index (χ0n) is 31.7. The molecule has 0 spiro atoms. The van der Waals surface area contributed by atoms with Crippen LogP contribution in [0.15, 0.2) is 24.3 Å². The van der Waals surface area contributed by atoms with Crippen LogP contribution in [0.25, 0.3) is 0 Å². The van der Waals surface area contributed by atoms with E-state index in [1.54, 1.807) is 12.1 Å². The van der Waals surface area contributed by atoms with Crippen molar-refractivity contribution in [2.75, 3.05) is 13.1 Å². The standard InChI is InChI=1S/C44H78N2O/c1-3-5-7-9-11-13-15-17-19-21-23-25-27-29-31-33-39-46(44(47)43-37-35-42(41-45)36-38-43)40-34-32-30-28-26-24-22-20-18-16-14-12-10-8-6-4-2/h35-38H,3-34,39-40H2,1-2H3. The van der Waals surface area contributed by atoms with Gasteiger partial charge in [-0.3, -0.25) is 4.79 Å². The zero-order valence-corrected chi connectivity index (χ0v) is 31.7. The van der Waals surface area contributed by atoms with E-state index in [0.29, 0.717) is 5.56 Å². The quantitative estimate of drug-likeness (QED) is 0.0686. The molecule has 1 aromatic carbocycles. The van der Waals surface area contributed by atoms with Crippen molar-refractivity contribution in [3.63, 3.8) is 0 Å². The van der Waals surface area contributed by atoms with Gasteiger partial charge in [-0.05, 0) is 37.1 Å². The summed E-state index contributed by atoms with van der Waals surface area (Å²) < 4.78 is 0. The third kappa shape index (κ3) is 26.8. The summed E-state index contributed by atoms with van der Waals surface area (Å²) in [6.45, 7) is 6.30. The number of rotatable bonds is 35. The van der Waals surface area contributed by atoms with Gasteiger partial charge in [-0.2, -0.15) is 5.26 Å². The van der Waals surface area contributed by atoms with Crippen LogP contribution >= 0.6 is 0 Å². The minimum Gasteiger partial charge on any atom is -0.339 e. The number of nitrogens with zero attached hydrogens (tertiary/aromatic N) is 2. The number of amides is 1. The van der Waals surface area contributed by atoms with Gasteiger partial charge in [-0.25, -0.2) is 0 Å². The van der Waals surface area contributed by atoms with Gasteiger partial charge in [0.05, 0.1) is 11.6 Å². The molecule has 1 amide bonds. The van der Waals surface area contributed by atoms with Crippen molar-refractivity contribution in [1.82, 2.24) is 4.90 Å². The summed E-state index contributed by atoms with van der Waals surface area (Å²) in [5, 5.41) is 9.15. The van der Waals surface area contributed by atoms with Crippen molar-refractivity contribution in [1.29, 1.82) is 5.26 Å². The van der Waals surface area contributed by atoms with E-state index >= 15 is 0 Å². The first kappa shape index (κ1) is 43.2. The van der Waals surface area contributed by atoms with E-state index in [2.05, 4.69) is 24.8 Å². The Morgan fingerprint density at radius 2 is 0.702 bits per heavy atom. The molecular weight excluding hydrogens is 572 g/mol. The molecule has 0 aromatic heterocycles. The Hall–Kier alpha value is -1.82. The van der Waals surface area contributed by atoms with E-state index in [1.807, 2.05) is 12.1 Å². The Labute approximate surface area is 294 Å². The van der Waals surface area contributed by atoms with Crippen molar-refractivity contribution in [3.8, 4) is 6.07 Å². The Bertz CT molecular complexity index is 805. The molecule has 0 atom stereocenters. The molecule has 0 heterocycles. The molecule has 3 nitrogen and oxygen atoms in total. The summed E-state index contributed by atoms with van der Waals surface area (Å²) in [6.07, 6.45) is 43.8. The molecule has 0 saturated heterocycles. The Kier molecular flexibility index (Phi) is 31.3. The van der Waals surface area contributed by atoms with Crippen LogP contribution in [-0.2, 0) is 0 Å². The lowest BCUT2D eigenvalue weighted by atomic mass is 10.0. The van der Waals surface area contributed by atoms with E-state index in [1.165, 1.54) is 193 Å². The van der Waals surface area contributed by atoms with Crippen LogP contribution < -0.4 is 0 Å². The van der Waals surface area contributed by atoms with E-state index < -0.39 is 0 Å². The lowest BCUT2D eigenvalue weighted by molar-refractivity contribution is 0.0749. The molecule has 0 aliphatic rings. The average Bonchev–Trinajstić information content (AvgIpc) is 3.10. The summed E-state index contributed by atoms with van der Waals surface area (Å²) in [4.78, 5) is 15.5. The van der Waals surface area contributed by atoms with Gasteiger partial charge in [0.15, 0.2) is 0 Å². The second-order valence-corrected chi connectivity index (χ2v) is 14.6. The number of carbonyl (C=O) groups is 1. The normalized spacial score (nSPS) is 11.2. The van der Waals surface area contributed by atoms with Crippen LogP contribution in [0.3, 0.4) is 0 Å². The molecule has 1 rings (SSSR count). The summed E-state index contributed by atoms with van der Waals surface area (Å²) in [5.74, 6) is 0.136. The molecule has 0 aliphatic carbocycles. The highest BCUT2D eigenvalue weighted by atomic mass is 16.2. The summed E-state index contributed by atoms with van der Waals surface area (Å²) in [7, 11) is 0. The van der Waals surface area contributed by atoms with Crippen LogP contribution in [0.4, 0.5) is 0 Å². The predicted octanol–water partition coefficient (Wildman–Crippen LogP) is 14.5. The highest BCUT2D eigenvalue weighted by Crippen LogP contribution is 2.17. The molecule has 47 heavy (non-hydrogen) atoms. The van der Waals surface area contributed by atoms with Crippen molar-refractivity contribution < 1.29 is 4.79 Å². The molecule has 0 N–H and O–H groups in total. The van der Waals surface area contributed by atoms with E-state index in [4.69, 9.17) is 5.26 Å². The van der Waals surface area contributed by atoms with Gasteiger partial charge in [0.2, 0.25) is 0 Å². The third-order valence-electron chi connectivity index (χ3n) is 10.1. The van der Waals surface area contributed by atoms with E-state index in [0.717, 1.165) is 31.5 Å².